The van der Waals surface area contributed by atoms with Crippen LogP contribution in [0.3, 0.4) is 0 Å². The molecule has 0 saturated heterocycles. The van der Waals surface area contributed by atoms with Gasteiger partial charge in [-0.05, 0) is 56.2 Å². The number of anilines is 1. The van der Waals surface area contributed by atoms with Crippen LogP contribution in [0.15, 0.2) is 62.6 Å². The molecule has 0 bridgehead atoms. The van der Waals surface area contributed by atoms with Gasteiger partial charge in [-0.1, -0.05) is 45.9 Å². The molecule has 7 heteroatoms. The third kappa shape index (κ3) is 3.66. The van der Waals surface area contributed by atoms with Gasteiger partial charge in [0.1, 0.15) is 0 Å². The van der Waals surface area contributed by atoms with E-state index < -0.39 is 0 Å². The molecule has 138 valence electrons. The van der Waals surface area contributed by atoms with Crippen LogP contribution < -0.4 is 4.90 Å². The lowest BCUT2D eigenvalue weighted by Gasteiger charge is -2.25. The molecule has 2 aromatic carbocycles. The number of fused-ring (bicyclic) bond motifs is 1. The van der Waals surface area contributed by atoms with Crippen LogP contribution in [-0.4, -0.2) is 27.4 Å². The van der Waals surface area contributed by atoms with Crippen molar-refractivity contribution in [3.63, 3.8) is 0 Å². The summed E-state index contributed by atoms with van der Waals surface area (Å²) in [6.45, 7) is 3.96. The standard InChI is InChI=1S/C20H18BrN3O2S/c1-12-11-15-5-3-4-6-17(15)24(12)19(25)13(2)27-20-23-22-18(26-20)14-7-9-16(21)10-8-14/h3-10,12-13H,11H2,1-2H3. The number of nitrogens with zero attached hydrogens (tertiary/aromatic N) is 3. The van der Waals surface area contributed by atoms with E-state index in [0.29, 0.717) is 11.1 Å². The van der Waals surface area contributed by atoms with Crippen LogP contribution >= 0.6 is 27.7 Å². The zero-order valence-corrected chi connectivity index (χ0v) is 17.3. The molecule has 0 N–H and O–H groups in total. The van der Waals surface area contributed by atoms with Crippen LogP contribution in [0.4, 0.5) is 5.69 Å². The van der Waals surface area contributed by atoms with Crippen LogP contribution in [0, 0.1) is 0 Å². The van der Waals surface area contributed by atoms with Gasteiger partial charge in [-0.25, -0.2) is 0 Å². The van der Waals surface area contributed by atoms with Gasteiger partial charge in [0.25, 0.3) is 5.22 Å². The largest absolute Gasteiger partial charge is 0.411 e. The van der Waals surface area contributed by atoms with Crippen LogP contribution in [0.5, 0.6) is 0 Å². The highest BCUT2D eigenvalue weighted by molar-refractivity contribution is 9.10. The second kappa shape index (κ2) is 7.48. The van der Waals surface area contributed by atoms with Crippen molar-refractivity contribution in [2.45, 2.75) is 36.8 Å². The molecule has 2 unspecified atom stereocenters. The van der Waals surface area contributed by atoms with Crippen molar-refractivity contribution in [2.24, 2.45) is 0 Å². The van der Waals surface area contributed by atoms with Crippen molar-refractivity contribution in [2.75, 3.05) is 4.90 Å². The van der Waals surface area contributed by atoms with Crippen LogP contribution in [0.25, 0.3) is 11.5 Å². The summed E-state index contributed by atoms with van der Waals surface area (Å²) in [4.78, 5) is 14.9. The number of thioether (sulfide) groups is 1. The lowest BCUT2D eigenvalue weighted by molar-refractivity contribution is -0.118. The Hall–Kier alpha value is -2.12. The average Bonchev–Trinajstić information content (AvgIpc) is 3.25. The highest BCUT2D eigenvalue weighted by Gasteiger charge is 2.34. The molecule has 2 atom stereocenters. The molecular formula is C20H18BrN3O2S. The van der Waals surface area contributed by atoms with E-state index in [9.17, 15) is 4.79 Å². The first kappa shape index (κ1) is 18.3. The number of carbonyl (C=O) groups excluding carboxylic acids is 1. The molecule has 0 radical (unpaired) electrons. The summed E-state index contributed by atoms with van der Waals surface area (Å²) in [5, 5.41) is 8.27. The lowest BCUT2D eigenvalue weighted by Crippen LogP contribution is -2.40. The topological polar surface area (TPSA) is 59.2 Å². The van der Waals surface area contributed by atoms with E-state index in [4.69, 9.17) is 4.42 Å². The van der Waals surface area contributed by atoms with Crippen molar-refractivity contribution in [3.8, 4) is 11.5 Å². The SMILES string of the molecule is CC(Sc1nnc(-c2ccc(Br)cc2)o1)C(=O)N1c2ccccc2CC1C. The number of amides is 1. The second-order valence-electron chi connectivity index (χ2n) is 6.53. The summed E-state index contributed by atoms with van der Waals surface area (Å²) in [7, 11) is 0. The number of hydrogen-bond donors (Lipinski definition) is 0. The van der Waals surface area contributed by atoms with Crippen molar-refractivity contribution in [1.82, 2.24) is 10.2 Å². The zero-order valence-electron chi connectivity index (χ0n) is 14.9. The van der Waals surface area contributed by atoms with Crippen LogP contribution in [0.2, 0.25) is 0 Å². The first-order valence-electron chi connectivity index (χ1n) is 8.70. The summed E-state index contributed by atoms with van der Waals surface area (Å²) < 4.78 is 6.73. The van der Waals surface area contributed by atoms with Gasteiger partial charge >= 0.3 is 0 Å². The molecule has 0 spiro atoms. The fourth-order valence-electron chi connectivity index (χ4n) is 3.27. The van der Waals surface area contributed by atoms with E-state index in [0.717, 1.165) is 22.1 Å². The molecule has 1 amide bonds. The fourth-order valence-corrected chi connectivity index (χ4v) is 4.26. The maximum absolute atomic E-state index is 13.0. The van der Waals surface area contributed by atoms with Crippen molar-refractivity contribution < 1.29 is 9.21 Å². The number of carbonyl (C=O) groups is 1. The second-order valence-corrected chi connectivity index (χ2v) is 8.74. The Morgan fingerprint density at radius 1 is 1.22 bits per heavy atom. The van der Waals surface area contributed by atoms with E-state index in [1.165, 1.54) is 17.3 Å². The fraction of sp³-hybridized carbons (Fsp3) is 0.250. The van der Waals surface area contributed by atoms with Gasteiger partial charge < -0.3 is 9.32 Å². The maximum atomic E-state index is 13.0. The highest BCUT2D eigenvalue weighted by atomic mass is 79.9. The smallest absolute Gasteiger partial charge is 0.277 e. The van der Waals surface area contributed by atoms with Gasteiger partial charge in [0, 0.05) is 21.8 Å². The molecular weight excluding hydrogens is 426 g/mol. The molecule has 0 fully saturated rings. The number of benzene rings is 2. The number of para-hydroxylation sites is 1. The third-order valence-electron chi connectivity index (χ3n) is 4.57. The molecule has 1 aliphatic rings. The van der Waals surface area contributed by atoms with E-state index in [2.05, 4.69) is 39.1 Å². The van der Waals surface area contributed by atoms with Gasteiger partial charge in [-0.15, -0.1) is 10.2 Å². The quantitative estimate of drug-likeness (QED) is 0.533. The first-order chi connectivity index (χ1) is 13.0. The minimum Gasteiger partial charge on any atom is -0.411 e. The van der Waals surface area contributed by atoms with Gasteiger partial charge in [0.05, 0.1) is 5.25 Å². The summed E-state index contributed by atoms with van der Waals surface area (Å²) in [5.74, 6) is 0.505. The Bertz CT molecular complexity index is 973. The van der Waals surface area contributed by atoms with E-state index in [-0.39, 0.29) is 17.2 Å². The van der Waals surface area contributed by atoms with E-state index in [1.54, 1.807) is 0 Å². The van der Waals surface area contributed by atoms with Crippen LogP contribution in [-0.2, 0) is 11.2 Å². The zero-order chi connectivity index (χ0) is 19.0. The molecule has 0 saturated carbocycles. The summed E-state index contributed by atoms with van der Waals surface area (Å²) in [6.07, 6.45) is 0.883. The predicted molar refractivity (Wildman–Crippen MR) is 110 cm³/mol. The monoisotopic (exact) mass is 443 g/mol. The summed E-state index contributed by atoms with van der Waals surface area (Å²) in [5.41, 5.74) is 3.06. The predicted octanol–water partition coefficient (Wildman–Crippen LogP) is 4.96. The van der Waals surface area contributed by atoms with Gasteiger partial charge in [-0.3, -0.25) is 4.79 Å². The van der Waals surface area contributed by atoms with Gasteiger partial charge in [0.2, 0.25) is 11.8 Å². The Morgan fingerprint density at radius 2 is 1.96 bits per heavy atom. The molecule has 1 aliphatic heterocycles. The molecule has 1 aromatic heterocycles. The minimum absolute atomic E-state index is 0.0563. The molecule has 27 heavy (non-hydrogen) atoms. The maximum Gasteiger partial charge on any atom is 0.277 e. The normalized spacial score (nSPS) is 17.0. The summed E-state index contributed by atoms with van der Waals surface area (Å²) >= 11 is 4.70. The molecule has 4 rings (SSSR count). The summed E-state index contributed by atoms with van der Waals surface area (Å²) in [6, 6.07) is 15.9. The van der Waals surface area contributed by atoms with Crippen molar-refractivity contribution in [3.05, 3.63) is 58.6 Å². The lowest BCUT2D eigenvalue weighted by atomic mass is 10.1. The Morgan fingerprint density at radius 3 is 2.74 bits per heavy atom. The minimum atomic E-state index is -0.322. The van der Waals surface area contributed by atoms with Crippen molar-refractivity contribution >= 4 is 39.3 Å². The number of halogens is 1. The number of aromatic nitrogens is 2. The van der Waals surface area contributed by atoms with E-state index in [1.807, 2.05) is 54.3 Å². The van der Waals surface area contributed by atoms with Gasteiger partial charge in [-0.2, -0.15) is 0 Å². The Labute approximate surface area is 170 Å². The number of hydrogen-bond acceptors (Lipinski definition) is 5. The highest BCUT2D eigenvalue weighted by Crippen LogP contribution is 2.35. The molecule has 0 aliphatic carbocycles. The van der Waals surface area contributed by atoms with Crippen LogP contribution in [0.1, 0.15) is 19.4 Å². The van der Waals surface area contributed by atoms with E-state index >= 15 is 0 Å². The number of rotatable bonds is 4. The molecule has 3 aromatic rings. The van der Waals surface area contributed by atoms with Crippen molar-refractivity contribution in [1.29, 1.82) is 0 Å². The third-order valence-corrected chi connectivity index (χ3v) is 6.02. The van der Waals surface area contributed by atoms with Gasteiger partial charge in [0.15, 0.2) is 0 Å². The first-order valence-corrected chi connectivity index (χ1v) is 10.4. The molecule has 2 heterocycles. The Kier molecular flexibility index (Phi) is 5.06. The average molecular weight is 444 g/mol. The molecule has 5 nitrogen and oxygen atoms in total. The Balaban J connectivity index is 1.49.